The van der Waals surface area contributed by atoms with E-state index in [4.69, 9.17) is 4.42 Å². The predicted molar refractivity (Wildman–Crippen MR) is 70.7 cm³/mol. The lowest BCUT2D eigenvalue weighted by atomic mass is 10.1. The van der Waals surface area contributed by atoms with Crippen molar-refractivity contribution in [3.05, 3.63) is 64.3 Å². The molecule has 0 amide bonds. The Kier molecular flexibility index (Phi) is 3.20. The molecule has 1 heterocycles. The molecule has 0 N–H and O–H groups in total. The van der Waals surface area contributed by atoms with E-state index >= 15 is 0 Å². The minimum atomic E-state index is -4.69. The average molecular weight is 309 g/mol. The predicted octanol–water partition coefficient (Wildman–Crippen LogP) is 4.01. The van der Waals surface area contributed by atoms with Crippen molar-refractivity contribution >= 4 is 10.9 Å². The van der Waals surface area contributed by atoms with Gasteiger partial charge in [-0.25, -0.2) is 14.2 Å². The number of halogens is 4. The number of para-hydroxylation sites is 1. The number of hydrogen-bond donors (Lipinski definition) is 0. The number of aromatic nitrogens is 1. The van der Waals surface area contributed by atoms with Gasteiger partial charge in [-0.05, 0) is 24.3 Å². The monoisotopic (exact) mass is 309 g/mol. The Morgan fingerprint density at radius 2 is 1.73 bits per heavy atom. The molecule has 0 aliphatic heterocycles. The Balaban J connectivity index is 2.37. The molecular weight excluding hydrogens is 302 g/mol. The fourth-order valence-corrected chi connectivity index (χ4v) is 2.07. The second-order valence-electron chi connectivity index (χ2n) is 4.49. The van der Waals surface area contributed by atoms with E-state index in [0.717, 1.165) is 18.2 Å². The molecule has 0 atom stereocenters. The van der Waals surface area contributed by atoms with E-state index in [9.17, 15) is 22.4 Å². The van der Waals surface area contributed by atoms with Gasteiger partial charge in [0, 0.05) is 0 Å². The van der Waals surface area contributed by atoms with Crippen LogP contribution in [0.4, 0.5) is 17.6 Å². The van der Waals surface area contributed by atoms with Crippen LogP contribution in [0.25, 0.3) is 22.4 Å². The maximum atomic E-state index is 13.7. The smallest absolute Gasteiger partial charge is 0.403 e. The van der Waals surface area contributed by atoms with Gasteiger partial charge in [-0.1, -0.05) is 18.2 Å². The largest absolute Gasteiger partial charge is 0.418 e. The van der Waals surface area contributed by atoms with Crippen molar-refractivity contribution in [2.24, 2.45) is 0 Å². The Morgan fingerprint density at radius 3 is 2.41 bits per heavy atom. The maximum absolute atomic E-state index is 13.7. The van der Waals surface area contributed by atoms with Gasteiger partial charge in [-0.15, -0.1) is 0 Å². The summed E-state index contributed by atoms with van der Waals surface area (Å²) in [5.74, 6) is -1.24. The van der Waals surface area contributed by atoms with Crippen LogP contribution < -0.4 is 5.63 Å². The second-order valence-corrected chi connectivity index (χ2v) is 4.49. The molecule has 0 bridgehead atoms. The minimum Gasteiger partial charge on any atom is -0.403 e. The molecule has 0 spiro atoms. The van der Waals surface area contributed by atoms with Gasteiger partial charge in [0.25, 0.3) is 0 Å². The zero-order chi connectivity index (χ0) is 15.9. The quantitative estimate of drug-likeness (QED) is 0.638. The highest BCUT2D eigenvalue weighted by atomic mass is 19.4. The van der Waals surface area contributed by atoms with Crippen LogP contribution in [0.1, 0.15) is 5.56 Å². The third-order valence-corrected chi connectivity index (χ3v) is 3.07. The van der Waals surface area contributed by atoms with Crippen molar-refractivity contribution in [1.29, 1.82) is 0 Å². The van der Waals surface area contributed by atoms with E-state index in [-0.39, 0.29) is 10.9 Å². The Morgan fingerprint density at radius 1 is 1.00 bits per heavy atom. The van der Waals surface area contributed by atoms with Crippen LogP contribution in [0.5, 0.6) is 0 Å². The van der Waals surface area contributed by atoms with Gasteiger partial charge in [0.15, 0.2) is 0 Å². The number of fused-ring (bicyclic) bond motifs is 1. The van der Waals surface area contributed by atoms with Crippen molar-refractivity contribution in [2.75, 3.05) is 0 Å². The molecule has 0 radical (unpaired) electrons. The van der Waals surface area contributed by atoms with E-state index in [1.807, 2.05) is 0 Å². The van der Waals surface area contributed by atoms with Crippen LogP contribution in [-0.4, -0.2) is 4.98 Å². The molecular formula is C15H7F4NO2. The first-order valence-corrected chi connectivity index (χ1v) is 6.14. The van der Waals surface area contributed by atoms with E-state index in [1.54, 1.807) is 0 Å². The SMILES string of the molecule is O=c1oc(-c2ccccc2F)nc2c(C(F)(F)F)cccc12. The molecule has 0 saturated heterocycles. The van der Waals surface area contributed by atoms with Gasteiger partial charge in [0.05, 0.1) is 22.0 Å². The molecule has 0 fully saturated rings. The van der Waals surface area contributed by atoms with Gasteiger partial charge in [-0.3, -0.25) is 0 Å². The molecule has 7 heteroatoms. The van der Waals surface area contributed by atoms with Crippen molar-refractivity contribution in [3.63, 3.8) is 0 Å². The van der Waals surface area contributed by atoms with E-state index in [2.05, 4.69) is 4.98 Å². The molecule has 3 aromatic rings. The molecule has 3 nitrogen and oxygen atoms in total. The van der Waals surface area contributed by atoms with Crippen molar-refractivity contribution in [3.8, 4) is 11.5 Å². The fraction of sp³-hybridized carbons (Fsp3) is 0.0667. The maximum Gasteiger partial charge on any atom is 0.418 e. The van der Waals surface area contributed by atoms with Crippen LogP contribution in [0.15, 0.2) is 51.7 Å². The topological polar surface area (TPSA) is 43.1 Å². The molecule has 22 heavy (non-hydrogen) atoms. The summed E-state index contributed by atoms with van der Waals surface area (Å²) >= 11 is 0. The van der Waals surface area contributed by atoms with E-state index in [0.29, 0.717) is 0 Å². The molecule has 0 aliphatic carbocycles. The van der Waals surface area contributed by atoms with Gasteiger partial charge in [-0.2, -0.15) is 13.2 Å². The Bertz CT molecular complexity index is 915. The molecule has 1 aromatic heterocycles. The molecule has 0 unspecified atom stereocenters. The highest BCUT2D eigenvalue weighted by molar-refractivity contribution is 5.82. The number of nitrogens with zero attached hydrogens (tertiary/aromatic N) is 1. The first-order valence-electron chi connectivity index (χ1n) is 6.14. The zero-order valence-corrected chi connectivity index (χ0v) is 10.8. The van der Waals surface area contributed by atoms with Gasteiger partial charge in [0.1, 0.15) is 5.82 Å². The zero-order valence-electron chi connectivity index (χ0n) is 10.8. The summed E-state index contributed by atoms with van der Waals surface area (Å²) in [7, 11) is 0. The van der Waals surface area contributed by atoms with Crippen LogP contribution in [0.3, 0.4) is 0 Å². The summed E-state index contributed by atoms with van der Waals surface area (Å²) in [5, 5.41) is -0.310. The lowest BCUT2D eigenvalue weighted by molar-refractivity contribution is -0.136. The third-order valence-electron chi connectivity index (χ3n) is 3.07. The molecule has 3 rings (SSSR count). The van der Waals surface area contributed by atoms with Crippen molar-refractivity contribution < 1.29 is 22.0 Å². The first kappa shape index (κ1) is 14.2. The van der Waals surface area contributed by atoms with Gasteiger partial charge in [0.2, 0.25) is 5.89 Å². The summed E-state index contributed by atoms with van der Waals surface area (Å²) in [4.78, 5) is 15.6. The van der Waals surface area contributed by atoms with E-state index < -0.39 is 34.6 Å². The highest BCUT2D eigenvalue weighted by Crippen LogP contribution is 2.34. The summed E-state index contributed by atoms with van der Waals surface area (Å²) in [6.07, 6.45) is -4.69. The standard InChI is InChI=1S/C15H7F4NO2/c16-11-7-2-1-4-8(11)13-20-12-9(14(21)22-13)5-3-6-10(12)15(17,18)19/h1-7H. The number of benzene rings is 2. The lowest BCUT2D eigenvalue weighted by Crippen LogP contribution is -2.11. The normalized spacial score (nSPS) is 11.8. The Labute approximate surface area is 120 Å². The molecule has 112 valence electrons. The summed E-state index contributed by atoms with van der Waals surface area (Å²) < 4.78 is 57.6. The molecule has 0 aliphatic rings. The van der Waals surface area contributed by atoms with Crippen LogP contribution in [-0.2, 0) is 6.18 Å². The van der Waals surface area contributed by atoms with Crippen LogP contribution in [0.2, 0.25) is 0 Å². The van der Waals surface area contributed by atoms with Crippen molar-refractivity contribution in [1.82, 2.24) is 4.98 Å². The number of alkyl halides is 3. The highest BCUT2D eigenvalue weighted by Gasteiger charge is 2.34. The van der Waals surface area contributed by atoms with Crippen molar-refractivity contribution in [2.45, 2.75) is 6.18 Å². The number of hydrogen-bond acceptors (Lipinski definition) is 3. The van der Waals surface area contributed by atoms with Gasteiger partial charge >= 0.3 is 11.8 Å². The van der Waals surface area contributed by atoms with E-state index in [1.165, 1.54) is 24.3 Å². The summed E-state index contributed by atoms with van der Waals surface area (Å²) in [6.45, 7) is 0. The number of rotatable bonds is 1. The Hall–Kier alpha value is -2.70. The fourth-order valence-electron chi connectivity index (χ4n) is 2.07. The summed E-state index contributed by atoms with van der Waals surface area (Å²) in [5.41, 5.74) is -2.83. The lowest BCUT2D eigenvalue weighted by Gasteiger charge is -2.09. The minimum absolute atomic E-state index is 0.182. The second kappa shape index (κ2) is 4.94. The van der Waals surface area contributed by atoms with Crippen LogP contribution >= 0.6 is 0 Å². The average Bonchev–Trinajstić information content (AvgIpc) is 2.46. The molecule has 2 aromatic carbocycles. The first-order chi connectivity index (χ1) is 10.4. The molecule has 0 saturated carbocycles. The van der Waals surface area contributed by atoms with Gasteiger partial charge < -0.3 is 4.42 Å². The van der Waals surface area contributed by atoms with Crippen LogP contribution in [0, 0.1) is 5.82 Å². The third kappa shape index (κ3) is 2.34. The summed E-state index contributed by atoms with van der Waals surface area (Å²) in [6, 6.07) is 8.29.